The quantitative estimate of drug-likeness (QED) is 0.511. The van der Waals surface area contributed by atoms with Crippen LogP contribution >= 0.6 is 0 Å². The fourth-order valence-electron chi connectivity index (χ4n) is 3.57. The highest BCUT2D eigenvalue weighted by Crippen LogP contribution is 2.34. The Labute approximate surface area is 195 Å². The summed E-state index contributed by atoms with van der Waals surface area (Å²) in [5, 5.41) is 2.73. The summed E-state index contributed by atoms with van der Waals surface area (Å²) in [6.07, 6.45) is 1.50. The molecule has 8 nitrogen and oxygen atoms in total. The van der Waals surface area contributed by atoms with E-state index in [9.17, 15) is 18.8 Å². The van der Waals surface area contributed by atoms with Gasteiger partial charge in [0.1, 0.15) is 17.6 Å². The van der Waals surface area contributed by atoms with E-state index in [1.54, 1.807) is 38.1 Å². The number of ketones is 1. The molecule has 0 aliphatic carbocycles. The van der Waals surface area contributed by atoms with E-state index < -0.39 is 36.1 Å². The molecule has 0 spiro atoms. The van der Waals surface area contributed by atoms with Gasteiger partial charge in [-0.25, -0.2) is 4.39 Å². The maximum Gasteiger partial charge on any atom is 0.265 e. The van der Waals surface area contributed by atoms with Crippen molar-refractivity contribution in [3.05, 3.63) is 77.5 Å². The Bertz CT molecular complexity index is 1220. The number of hydrogen-bond acceptors (Lipinski definition) is 6. The Morgan fingerprint density at radius 1 is 1.21 bits per heavy atom. The summed E-state index contributed by atoms with van der Waals surface area (Å²) in [5.74, 6) is -0.878. The number of carbonyl (C=O) groups excluding carboxylic acids is 3. The van der Waals surface area contributed by atoms with Crippen LogP contribution in [-0.4, -0.2) is 36.9 Å². The molecule has 34 heavy (non-hydrogen) atoms. The average molecular weight is 466 g/mol. The second-order valence-corrected chi connectivity index (χ2v) is 7.85. The number of halogens is 1. The first kappa shape index (κ1) is 23.0. The van der Waals surface area contributed by atoms with Gasteiger partial charge in [0, 0.05) is 5.56 Å². The van der Waals surface area contributed by atoms with Crippen molar-refractivity contribution >= 4 is 23.3 Å². The Kier molecular flexibility index (Phi) is 6.62. The predicted octanol–water partition coefficient (Wildman–Crippen LogP) is 3.42. The number of amides is 2. The lowest BCUT2D eigenvalue weighted by Gasteiger charge is -2.33. The van der Waals surface area contributed by atoms with Crippen LogP contribution in [0.15, 0.2) is 59.2 Å². The van der Waals surface area contributed by atoms with E-state index in [0.717, 1.165) is 5.56 Å². The molecule has 0 radical (unpaired) electrons. The molecule has 1 aliphatic heterocycles. The van der Waals surface area contributed by atoms with Gasteiger partial charge in [-0.05, 0) is 61.9 Å². The number of ether oxygens (including phenoxy) is 2. The van der Waals surface area contributed by atoms with Crippen molar-refractivity contribution in [2.45, 2.75) is 26.4 Å². The van der Waals surface area contributed by atoms with Gasteiger partial charge in [0.2, 0.25) is 5.91 Å². The zero-order chi connectivity index (χ0) is 24.2. The van der Waals surface area contributed by atoms with Crippen LogP contribution in [-0.2, 0) is 16.1 Å². The van der Waals surface area contributed by atoms with E-state index in [0.29, 0.717) is 17.2 Å². The first-order valence-electron chi connectivity index (χ1n) is 10.6. The second kappa shape index (κ2) is 9.78. The average Bonchev–Trinajstić information content (AvgIpc) is 3.35. The number of furan rings is 1. The van der Waals surface area contributed by atoms with Gasteiger partial charge in [0.15, 0.2) is 30.6 Å². The normalized spacial score (nSPS) is 13.6. The highest BCUT2D eigenvalue weighted by atomic mass is 19.1. The van der Waals surface area contributed by atoms with Crippen LogP contribution in [0, 0.1) is 12.7 Å². The van der Waals surface area contributed by atoms with Crippen LogP contribution in [0.1, 0.15) is 28.6 Å². The monoisotopic (exact) mass is 466 g/mol. The number of nitrogens with zero attached hydrogens (tertiary/aromatic N) is 1. The summed E-state index contributed by atoms with van der Waals surface area (Å²) >= 11 is 0. The van der Waals surface area contributed by atoms with Crippen molar-refractivity contribution in [3.63, 3.8) is 0 Å². The van der Waals surface area contributed by atoms with E-state index >= 15 is 0 Å². The van der Waals surface area contributed by atoms with Crippen molar-refractivity contribution in [2.75, 3.05) is 18.1 Å². The second-order valence-electron chi connectivity index (χ2n) is 7.85. The smallest absolute Gasteiger partial charge is 0.265 e. The summed E-state index contributed by atoms with van der Waals surface area (Å²) in [7, 11) is 0. The third-order valence-corrected chi connectivity index (χ3v) is 5.39. The van der Waals surface area contributed by atoms with Crippen molar-refractivity contribution in [1.29, 1.82) is 0 Å². The number of nitrogens with one attached hydrogen (secondary N) is 1. The first-order valence-corrected chi connectivity index (χ1v) is 10.6. The molecule has 1 aliphatic rings. The lowest BCUT2D eigenvalue weighted by atomic mass is 10.1. The van der Waals surface area contributed by atoms with Gasteiger partial charge < -0.3 is 19.2 Å². The maximum absolute atomic E-state index is 13.9. The van der Waals surface area contributed by atoms with Gasteiger partial charge >= 0.3 is 0 Å². The van der Waals surface area contributed by atoms with E-state index in [4.69, 9.17) is 13.9 Å². The summed E-state index contributed by atoms with van der Waals surface area (Å²) < 4.78 is 30.0. The van der Waals surface area contributed by atoms with Gasteiger partial charge in [-0.1, -0.05) is 6.07 Å². The largest absolute Gasteiger partial charge is 0.482 e. The van der Waals surface area contributed by atoms with Crippen LogP contribution in [0.5, 0.6) is 11.5 Å². The third kappa shape index (κ3) is 4.93. The SMILES string of the molecule is Cc1ccc(F)c(OCC(=O)c2ccc3c(c2)N(C(C)C(=O)NCc2ccco2)C(=O)CO3)c1. The number of Topliss-reactive ketones (excluding diaryl/α,β-unsaturated/α-hetero) is 1. The predicted molar refractivity (Wildman–Crippen MR) is 120 cm³/mol. The maximum atomic E-state index is 13.9. The number of carbonyl (C=O) groups is 3. The fraction of sp³-hybridized carbons (Fsp3) is 0.240. The molecular formula is C25H23FN2O6. The highest BCUT2D eigenvalue weighted by molar-refractivity contribution is 6.05. The van der Waals surface area contributed by atoms with Gasteiger partial charge in [0.05, 0.1) is 18.5 Å². The van der Waals surface area contributed by atoms with Crippen molar-refractivity contribution in [1.82, 2.24) is 5.32 Å². The number of anilines is 1. The Morgan fingerprint density at radius 3 is 2.79 bits per heavy atom. The summed E-state index contributed by atoms with van der Waals surface area (Å²) in [4.78, 5) is 39.4. The molecule has 1 N–H and O–H groups in total. The Hall–Kier alpha value is -4.14. The summed E-state index contributed by atoms with van der Waals surface area (Å²) in [6.45, 7) is 2.92. The molecule has 0 saturated carbocycles. The lowest BCUT2D eigenvalue weighted by molar-refractivity contribution is -0.127. The Morgan fingerprint density at radius 2 is 2.03 bits per heavy atom. The molecule has 2 heterocycles. The minimum absolute atomic E-state index is 0.0201. The van der Waals surface area contributed by atoms with Crippen LogP contribution in [0.3, 0.4) is 0 Å². The molecule has 1 aromatic heterocycles. The van der Waals surface area contributed by atoms with Crippen molar-refractivity contribution < 1.29 is 32.7 Å². The molecule has 3 aromatic rings. The van der Waals surface area contributed by atoms with E-state index in [1.165, 1.54) is 35.4 Å². The lowest BCUT2D eigenvalue weighted by Crippen LogP contribution is -2.51. The number of aryl methyl sites for hydroxylation is 1. The van der Waals surface area contributed by atoms with Gasteiger partial charge in [0.25, 0.3) is 5.91 Å². The van der Waals surface area contributed by atoms with Crippen LogP contribution in [0.25, 0.3) is 0 Å². The topological polar surface area (TPSA) is 98.1 Å². The molecule has 0 bridgehead atoms. The van der Waals surface area contributed by atoms with E-state index in [-0.39, 0.29) is 24.5 Å². The van der Waals surface area contributed by atoms with E-state index in [2.05, 4.69) is 5.32 Å². The molecular weight excluding hydrogens is 443 g/mol. The van der Waals surface area contributed by atoms with Crippen LogP contribution in [0.2, 0.25) is 0 Å². The molecule has 1 atom stereocenters. The van der Waals surface area contributed by atoms with Crippen molar-refractivity contribution in [3.8, 4) is 11.5 Å². The van der Waals surface area contributed by atoms with Crippen molar-refractivity contribution in [2.24, 2.45) is 0 Å². The number of hydrogen-bond donors (Lipinski definition) is 1. The minimum Gasteiger partial charge on any atom is -0.482 e. The first-order chi connectivity index (χ1) is 16.3. The zero-order valence-electron chi connectivity index (χ0n) is 18.7. The molecule has 0 fully saturated rings. The Balaban J connectivity index is 1.50. The molecule has 4 rings (SSSR count). The summed E-state index contributed by atoms with van der Waals surface area (Å²) in [6, 6.07) is 11.5. The minimum atomic E-state index is -0.867. The third-order valence-electron chi connectivity index (χ3n) is 5.39. The fourth-order valence-corrected chi connectivity index (χ4v) is 3.57. The number of fused-ring (bicyclic) bond motifs is 1. The zero-order valence-corrected chi connectivity index (χ0v) is 18.7. The molecule has 2 aromatic carbocycles. The molecule has 1 unspecified atom stereocenters. The van der Waals surface area contributed by atoms with Crippen LogP contribution < -0.4 is 19.7 Å². The van der Waals surface area contributed by atoms with Gasteiger partial charge in [-0.2, -0.15) is 0 Å². The number of benzene rings is 2. The van der Waals surface area contributed by atoms with Gasteiger partial charge in [-0.15, -0.1) is 0 Å². The molecule has 176 valence electrons. The molecule has 2 amide bonds. The van der Waals surface area contributed by atoms with Gasteiger partial charge in [-0.3, -0.25) is 19.3 Å². The molecule has 9 heteroatoms. The number of rotatable bonds is 8. The summed E-state index contributed by atoms with van der Waals surface area (Å²) in [5.41, 5.74) is 1.33. The standard InChI is InChI=1S/C25H23FN2O6/c1-15-5-7-19(26)23(10-15)33-13-21(29)17-6-8-22-20(11-17)28(24(30)14-34-22)16(2)25(31)27-12-18-4-3-9-32-18/h3-11,16H,12-14H2,1-2H3,(H,27,31). The molecule has 0 saturated heterocycles. The van der Waals surface area contributed by atoms with E-state index in [1.807, 2.05) is 0 Å². The van der Waals surface area contributed by atoms with Crippen LogP contribution in [0.4, 0.5) is 10.1 Å². The highest BCUT2D eigenvalue weighted by Gasteiger charge is 2.33.